The smallest absolute Gasteiger partial charge is 0.0953 e. The summed E-state index contributed by atoms with van der Waals surface area (Å²) in [6.07, 6.45) is 15.8. The summed E-state index contributed by atoms with van der Waals surface area (Å²) in [5.41, 5.74) is 15.0. The van der Waals surface area contributed by atoms with Gasteiger partial charge in [0.1, 0.15) is 0 Å². The highest BCUT2D eigenvalue weighted by Gasteiger charge is 2.34. The molecule has 0 saturated carbocycles. The van der Waals surface area contributed by atoms with Crippen molar-refractivity contribution < 1.29 is 0 Å². The molecule has 0 amide bonds. The molecule has 4 N–H and O–H groups in total. The number of hydrogen-bond donors (Lipinski definition) is 2. The van der Waals surface area contributed by atoms with Gasteiger partial charge in [0.2, 0.25) is 0 Å². The summed E-state index contributed by atoms with van der Waals surface area (Å²) in [7, 11) is 0. The Hall–Kier alpha value is -1.39. The van der Waals surface area contributed by atoms with Gasteiger partial charge >= 0.3 is 0 Å². The summed E-state index contributed by atoms with van der Waals surface area (Å²) in [6, 6.07) is 0.294. The van der Waals surface area contributed by atoms with Crippen molar-refractivity contribution in [2.24, 2.45) is 11.5 Å². The fraction of sp³-hybridized carbons (Fsp3) is 0.562. The summed E-state index contributed by atoms with van der Waals surface area (Å²) in [6.45, 7) is 2.19. The Morgan fingerprint density at radius 3 is 3.15 bits per heavy atom. The Labute approximate surface area is 120 Å². The lowest BCUT2D eigenvalue weighted by atomic mass is 9.79. The maximum Gasteiger partial charge on any atom is 0.0953 e. The molecule has 4 nitrogen and oxygen atoms in total. The Morgan fingerprint density at radius 2 is 2.35 bits per heavy atom. The lowest BCUT2D eigenvalue weighted by molar-refractivity contribution is 0.412. The van der Waals surface area contributed by atoms with Crippen LogP contribution in [-0.4, -0.2) is 21.1 Å². The minimum atomic E-state index is -0.399. The molecule has 0 radical (unpaired) electrons. The summed E-state index contributed by atoms with van der Waals surface area (Å²) in [5, 5.41) is 0. The molecule has 3 atom stereocenters. The second-order valence-electron chi connectivity index (χ2n) is 6.09. The van der Waals surface area contributed by atoms with E-state index in [1.807, 2.05) is 12.5 Å². The number of aryl methyl sites for hydroxylation is 1. The van der Waals surface area contributed by atoms with Gasteiger partial charge in [0.05, 0.1) is 17.9 Å². The zero-order valence-electron chi connectivity index (χ0n) is 12.1. The predicted molar refractivity (Wildman–Crippen MR) is 81.2 cm³/mol. The highest BCUT2D eigenvalue weighted by atomic mass is 15.1. The van der Waals surface area contributed by atoms with Crippen LogP contribution in [0.1, 0.15) is 44.3 Å². The van der Waals surface area contributed by atoms with Gasteiger partial charge in [0.15, 0.2) is 0 Å². The molecular formula is C16H24N4. The van der Waals surface area contributed by atoms with E-state index in [-0.39, 0.29) is 6.04 Å². The number of unbranched alkanes of at least 4 members (excludes halogenated alkanes) is 1. The molecule has 1 aliphatic carbocycles. The number of nitrogens with two attached hydrogens (primary N) is 2. The van der Waals surface area contributed by atoms with Crippen LogP contribution in [0.5, 0.6) is 0 Å². The zero-order chi connectivity index (χ0) is 14.2. The number of allylic oxidation sites excluding steroid dienone is 2. The average Bonchev–Trinajstić information content (AvgIpc) is 3.03. The van der Waals surface area contributed by atoms with E-state index in [0.717, 1.165) is 32.1 Å². The van der Waals surface area contributed by atoms with Gasteiger partial charge in [-0.25, -0.2) is 4.98 Å². The number of aromatic nitrogens is 2. The van der Waals surface area contributed by atoms with Crippen molar-refractivity contribution >= 4 is 0 Å². The van der Waals surface area contributed by atoms with Gasteiger partial charge in [-0.3, -0.25) is 0 Å². The number of rotatable bonds is 4. The van der Waals surface area contributed by atoms with Crippen LogP contribution in [0.4, 0.5) is 0 Å². The van der Waals surface area contributed by atoms with E-state index < -0.39 is 5.54 Å². The van der Waals surface area contributed by atoms with E-state index in [1.54, 1.807) is 0 Å². The van der Waals surface area contributed by atoms with Crippen molar-refractivity contribution in [1.29, 1.82) is 0 Å². The molecule has 2 heterocycles. The topological polar surface area (TPSA) is 69.9 Å². The van der Waals surface area contributed by atoms with Crippen LogP contribution in [0.15, 0.2) is 36.3 Å². The van der Waals surface area contributed by atoms with Crippen LogP contribution in [0.25, 0.3) is 0 Å². The highest BCUT2D eigenvalue weighted by molar-refractivity contribution is 5.38. The predicted octanol–water partition coefficient (Wildman–Crippen LogP) is 2.08. The zero-order valence-corrected chi connectivity index (χ0v) is 12.1. The van der Waals surface area contributed by atoms with Gasteiger partial charge in [-0.1, -0.05) is 38.0 Å². The van der Waals surface area contributed by atoms with Crippen LogP contribution in [0.2, 0.25) is 0 Å². The Bertz CT molecular complexity index is 542. The van der Waals surface area contributed by atoms with Gasteiger partial charge in [-0.05, 0) is 24.8 Å². The number of hydrogen-bond acceptors (Lipinski definition) is 3. The van der Waals surface area contributed by atoms with Crippen molar-refractivity contribution in [3.8, 4) is 0 Å². The first-order chi connectivity index (χ1) is 9.64. The Kier molecular flexibility index (Phi) is 3.52. The quantitative estimate of drug-likeness (QED) is 0.881. The molecule has 3 rings (SSSR count). The molecule has 2 aliphatic rings. The molecule has 0 bridgehead atoms. The van der Waals surface area contributed by atoms with Crippen LogP contribution in [0.3, 0.4) is 0 Å². The SMILES string of the molecule is CCCCC1(N)C=C(C2CCc3cncn32)C=CC1N. The summed E-state index contributed by atoms with van der Waals surface area (Å²) < 4.78 is 2.27. The van der Waals surface area contributed by atoms with Crippen molar-refractivity contribution in [2.45, 2.75) is 56.7 Å². The third-order valence-corrected chi connectivity index (χ3v) is 4.66. The van der Waals surface area contributed by atoms with Crippen molar-refractivity contribution in [1.82, 2.24) is 9.55 Å². The van der Waals surface area contributed by atoms with Gasteiger partial charge in [0, 0.05) is 17.9 Å². The number of fused-ring (bicyclic) bond motifs is 1. The summed E-state index contributed by atoms with van der Waals surface area (Å²) >= 11 is 0. The molecular weight excluding hydrogens is 248 g/mol. The minimum Gasteiger partial charge on any atom is -0.327 e. The number of nitrogens with zero attached hydrogens (tertiary/aromatic N) is 2. The van der Waals surface area contributed by atoms with E-state index in [1.165, 1.54) is 11.3 Å². The third kappa shape index (κ3) is 2.23. The van der Waals surface area contributed by atoms with E-state index in [0.29, 0.717) is 6.04 Å². The monoisotopic (exact) mass is 272 g/mol. The van der Waals surface area contributed by atoms with Crippen LogP contribution < -0.4 is 11.5 Å². The van der Waals surface area contributed by atoms with E-state index in [2.05, 4.69) is 34.7 Å². The molecule has 4 heteroatoms. The molecule has 1 aliphatic heterocycles. The molecule has 0 aromatic carbocycles. The molecule has 0 fully saturated rings. The molecule has 0 saturated heterocycles. The lowest BCUT2D eigenvalue weighted by Gasteiger charge is -2.35. The van der Waals surface area contributed by atoms with Crippen molar-refractivity contribution in [2.75, 3.05) is 0 Å². The fourth-order valence-corrected chi connectivity index (χ4v) is 3.33. The molecule has 1 aromatic rings. The summed E-state index contributed by atoms with van der Waals surface area (Å²) in [5.74, 6) is 0. The maximum absolute atomic E-state index is 6.56. The minimum absolute atomic E-state index is 0.0820. The van der Waals surface area contributed by atoms with Crippen molar-refractivity contribution in [3.63, 3.8) is 0 Å². The number of imidazole rings is 1. The standard InChI is InChI=1S/C16H24N4/c1-2-3-8-16(18)9-12(4-7-15(16)17)14-6-5-13-10-19-11-20(13)14/h4,7,9-11,14-15H,2-3,5-6,8,17-18H2,1H3. The Morgan fingerprint density at radius 1 is 1.50 bits per heavy atom. The highest BCUT2D eigenvalue weighted by Crippen LogP contribution is 2.36. The van der Waals surface area contributed by atoms with E-state index >= 15 is 0 Å². The Balaban J connectivity index is 1.87. The largest absolute Gasteiger partial charge is 0.327 e. The van der Waals surface area contributed by atoms with Gasteiger partial charge in [-0.2, -0.15) is 0 Å². The molecule has 108 valence electrons. The molecule has 3 unspecified atom stereocenters. The van der Waals surface area contributed by atoms with Crippen LogP contribution in [-0.2, 0) is 6.42 Å². The van der Waals surface area contributed by atoms with E-state index in [9.17, 15) is 0 Å². The van der Waals surface area contributed by atoms with E-state index in [4.69, 9.17) is 11.5 Å². The van der Waals surface area contributed by atoms with Gasteiger partial charge in [-0.15, -0.1) is 0 Å². The lowest BCUT2D eigenvalue weighted by Crippen LogP contribution is -2.54. The first kappa shape index (κ1) is 13.6. The first-order valence-corrected chi connectivity index (χ1v) is 7.60. The van der Waals surface area contributed by atoms with Crippen molar-refractivity contribution in [3.05, 3.63) is 42.0 Å². The average molecular weight is 272 g/mol. The molecule has 20 heavy (non-hydrogen) atoms. The maximum atomic E-state index is 6.56. The molecule has 0 spiro atoms. The van der Waals surface area contributed by atoms with Gasteiger partial charge in [0.25, 0.3) is 0 Å². The molecule has 1 aromatic heterocycles. The van der Waals surface area contributed by atoms with Crippen LogP contribution in [0, 0.1) is 0 Å². The first-order valence-electron chi connectivity index (χ1n) is 7.60. The third-order valence-electron chi connectivity index (χ3n) is 4.66. The normalized spacial score (nSPS) is 32.2. The second kappa shape index (κ2) is 5.19. The fourth-order valence-electron chi connectivity index (χ4n) is 3.33. The van der Waals surface area contributed by atoms with Gasteiger partial charge < -0.3 is 16.0 Å². The summed E-state index contributed by atoms with van der Waals surface area (Å²) in [4.78, 5) is 4.25. The van der Waals surface area contributed by atoms with Crippen LogP contribution >= 0.6 is 0 Å². The second-order valence-corrected chi connectivity index (χ2v) is 6.09.